The number of halogens is 1. The second-order valence-electron chi connectivity index (χ2n) is 6.58. The lowest BCUT2D eigenvalue weighted by molar-refractivity contribution is 0.0953. The number of rotatable bonds is 4. The molecular formula is C18H19ClN2O3S. The van der Waals surface area contributed by atoms with Gasteiger partial charge in [0, 0.05) is 36.1 Å². The maximum absolute atomic E-state index is 13.1. The van der Waals surface area contributed by atoms with E-state index in [0.29, 0.717) is 17.9 Å². The van der Waals surface area contributed by atoms with Crippen LogP contribution in [-0.2, 0) is 10.0 Å². The fraction of sp³-hybridized carbons (Fsp3) is 0.389. The number of benzene rings is 1. The van der Waals surface area contributed by atoms with Crippen molar-refractivity contribution >= 4 is 21.6 Å². The number of aromatic nitrogens is 1. The van der Waals surface area contributed by atoms with Crippen molar-refractivity contribution in [2.24, 2.45) is 0 Å². The summed E-state index contributed by atoms with van der Waals surface area (Å²) in [5.41, 5.74) is 0. The van der Waals surface area contributed by atoms with Gasteiger partial charge in [-0.05, 0) is 43.2 Å². The SMILES string of the molecule is O=S(=O)(c1cccc(Cl)c1)N1C2CCC1CC(Oc1cccnc1)C2. The van der Waals surface area contributed by atoms with E-state index in [1.807, 2.05) is 12.1 Å². The van der Waals surface area contributed by atoms with Crippen molar-refractivity contribution in [3.8, 4) is 5.75 Å². The van der Waals surface area contributed by atoms with Crippen molar-refractivity contribution in [2.75, 3.05) is 0 Å². The monoisotopic (exact) mass is 378 g/mol. The third-order valence-electron chi connectivity index (χ3n) is 4.93. The summed E-state index contributed by atoms with van der Waals surface area (Å²) < 4.78 is 33.9. The Morgan fingerprint density at radius 2 is 1.88 bits per heavy atom. The zero-order chi connectivity index (χ0) is 17.4. The molecule has 5 nitrogen and oxygen atoms in total. The van der Waals surface area contributed by atoms with Crippen molar-refractivity contribution in [3.05, 3.63) is 53.8 Å². The van der Waals surface area contributed by atoms with Crippen LogP contribution in [0.15, 0.2) is 53.7 Å². The number of fused-ring (bicyclic) bond motifs is 2. The van der Waals surface area contributed by atoms with Crippen LogP contribution in [0.3, 0.4) is 0 Å². The highest BCUT2D eigenvalue weighted by Gasteiger charge is 2.47. The fourth-order valence-corrected chi connectivity index (χ4v) is 6.12. The zero-order valence-electron chi connectivity index (χ0n) is 13.6. The molecular weight excluding hydrogens is 360 g/mol. The average Bonchev–Trinajstić information content (AvgIpc) is 2.88. The third-order valence-corrected chi connectivity index (χ3v) is 7.17. The van der Waals surface area contributed by atoms with Crippen LogP contribution in [0.2, 0.25) is 5.02 Å². The van der Waals surface area contributed by atoms with Gasteiger partial charge in [-0.2, -0.15) is 4.31 Å². The molecule has 2 fully saturated rings. The second-order valence-corrected chi connectivity index (χ2v) is 8.86. The molecule has 0 radical (unpaired) electrons. The fourth-order valence-electron chi connectivity index (χ4n) is 3.93. The highest BCUT2D eigenvalue weighted by atomic mass is 35.5. The average molecular weight is 379 g/mol. The molecule has 3 heterocycles. The van der Waals surface area contributed by atoms with Crippen LogP contribution in [0.4, 0.5) is 0 Å². The summed E-state index contributed by atoms with van der Waals surface area (Å²) >= 11 is 5.98. The van der Waals surface area contributed by atoms with Crippen molar-refractivity contribution in [1.29, 1.82) is 0 Å². The molecule has 2 aliphatic heterocycles. The van der Waals surface area contributed by atoms with Gasteiger partial charge >= 0.3 is 0 Å². The summed E-state index contributed by atoms with van der Waals surface area (Å²) in [6.45, 7) is 0. The number of nitrogens with zero attached hydrogens (tertiary/aromatic N) is 2. The third kappa shape index (κ3) is 3.26. The molecule has 4 rings (SSSR count). The van der Waals surface area contributed by atoms with E-state index in [-0.39, 0.29) is 23.1 Å². The number of hydrogen-bond acceptors (Lipinski definition) is 4. The smallest absolute Gasteiger partial charge is 0.243 e. The number of ether oxygens (including phenoxy) is 1. The first kappa shape index (κ1) is 16.8. The quantitative estimate of drug-likeness (QED) is 0.817. The van der Waals surface area contributed by atoms with E-state index in [2.05, 4.69) is 4.98 Å². The first-order valence-electron chi connectivity index (χ1n) is 8.40. The maximum Gasteiger partial charge on any atom is 0.243 e. The van der Waals surface area contributed by atoms with Crippen LogP contribution in [0, 0.1) is 0 Å². The summed E-state index contributed by atoms with van der Waals surface area (Å²) in [4.78, 5) is 4.33. The van der Waals surface area contributed by atoms with Crippen LogP contribution in [0.5, 0.6) is 5.75 Å². The molecule has 1 aromatic carbocycles. The van der Waals surface area contributed by atoms with Crippen molar-refractivity contribution in [1.82, 2.24) is 9.29 Å². The molecule has 132 valence electrons. The highest BCUT2D eigenvalue weighted by molar-refractivity contribution is 7.89. The van der Waals surface area contributed by atoms with Crippen LogP contribution in [0.25, 0.3) is 0 Å². The maximum atomic E-state index is 13.1. The van der Waals surface area contributed by atoms with E-state index >= 15 is 0 Å². The molecule has 2 saturated heterocycles. The standard InChI is InChI=1S/C18H19ClN2O3S/c19-13-3-1-5-18(9-13)25(22,23)21-14-6-7-15(21)11-17(10-14)24-16-4-2-8-20-12-16/h1-5,8-9,12,14-15,17H,6-7,10-11H2. The van der Waals surface area contributed by atoms with Gasteiger partial charge in [0.2, 0.25) is 10.0 Å². The van der Waals surface area contributed by atoms with Gasteiger partial charge in [-0.3, -0.25) is 4.98 Å². The minimum Gasteiger partial charge on any atom is -0.489 e. The number of hydrogen-bond donors (Lipinski definition) is 0. The topological polar surface area (TPSA) is 59.5 Å². The Bertz CT molecular complexity index is 846. The van der Waals surface area contributed by atoms with E-state index in [1.165, 1.54) is 6.07 Å². The minimum atomic E-state index is -3.54. The number of pyridine rings is 1. The molecule has 2 aromatic rings. The molecule has 1 aromatic heterocycles. The van der Waals surface area contributed by atoms with Gasteiger partial charge in [-0.25, -0.2) is 8.42 Å². The number of sulfonamides is 1. The van der Waals surface area contributed by atoms with Crippen molar-refractivity contribution < 1.29 is 13.2 Å². The molecule has 2 bridgehead atoms. The molecule has 2 aliphatic rings. The lowest BCUT2D eigenvalue weighted by Crippen LogP contribution is -2.49. The van der Waals surface area contributed by atoms with E-state index in [0.717, 1.165) is 18.6 Å². The Hall–Kier alpha value is -1.63. The van der Waals surface area contributed by atoms with Crippen LogP contribution in [0.1, 0.15) is 25.7 Å². The van der Waals surface area contributed by atoms with Gasteiger partial charge in [-0.1, -0.05) is 17.7 Å². The van der Waals surface area contributed by atoms with Gasteiger partial charge in [0.05, 0.1) is 11.1 Å². The molecule has 7 heteroatoms. The van der Waals surface area contributed by atoms with Gasteiger partial charge < -0.3 is 4.74 Å². The summed E-state index contributed by atoms with van der Waals surface area (Å²) in [6.07, 6.45) is 6.56. The molecule has 0 aliphatic carbocycles. The van der Waals surface area contributed by atoms with Gasteiger partial charge in [0.15, 0.2) is 0 Å². The van der Waals surface area contributed by atoms with Crippen LogP contribution < -0.4 is 4.74 Å². The van der Waals surface area contributed by atoms with Crippen LogP contribution >= 0.6 is 11.6 Å². The molecule has 2 atom stereocenters. The van der Waals surface area contributed by atoms with Gasteiger partial charge in [0.25, 0.3) is 0 Å². The zero-order valence-corrected chi connectivity index (χ0v) is 15.2. The van der Waals surface area contributed by atoms with Crippen molar-refractivity contribution in [2.45, 2.75) is 48.8 Å². The largest absolute Gasteiger partial charge is 0.489 e. The highest BCUT2D eigenvalue weighted by Crippen LogP contribution is 2.41. The first-order chi connectivity index (χ1) is 12.0. The molecule has 0 saturated carbocycles. The lowest BCUT2D eigenvalue weighted by Gasteiger charge is -2.37. The second kappa shape index (κ2) is 6.59. The lowest BCUT2D eigenvalue weighted by atomic mass is 10.0. The minimum absolute atomic E-state index is 0.0208. The first-order valence-corrected chi connectivity index (χ1v) is 10.2. The van der Waals surface area contributed by atoms with E-state index in [9.17, 15) is 8.42 Å². The summed E-state index contributed by atoms with van der Waals surface area (Å²) in [5, 5.41) is 0.434. The predicted octanol–water partition coefficient (Wildman–Crippen LogP) is 3.50. The van der Waals surface area contributed by atoms with Crippen LogP contribution in [-0.4, -0.2) is 35.9 Å². The predicted molar refractivity (Wildman–Crippen MR) is 95.2 cm³/mol. The molecule has 0 spiro atoms. The Morgan fingerprint density at radius 1 is 1.12 bits per heavy atom. The Balaban J connectivity index is 1.54. The summed E-state index contributed by atoms with van der Waals surface area (Å²) in [7, 11) is -3.54. The van der Waals surface area contributed by atoms with E-state index in [4.69, 9.17) is 16.3 Å². The van der Waals surface area contributed by atoms with E-state index < -0.39 is 10.0 Å². The molecule has 2 unspecified atom stereocenters. The van der Waals surface area contributed by atoms with E-state index in [1.54, 1.807) is 34.9 Å². The summed E-state index contributed by atoms with van der Waals surface area (Å²) in [6, 6.07) is 10.2. The van der Waals surface area contributed by atoms with Gasteiger partial charge in [-0.15, -0.1) is 0 Å². The molecule has 0 N–H and O–H groups in total. The van der Waals surface area contributed by atoms with Gasteiger partial charge in [0.1, 0.15) is 11.9 Å². The van der Waals surface area contributed by atoms with Crippen molar-refractivity contribution in [3.63, 3.8) is 0 Å². The summed E-state index contributed by atoms with van der Waals surface area (Å²) in [5.74, 6) is 0.734. The Labute approximate surface area is 152 Å². The number of piperidine rings is 1. The normalized spacial score (nSPS) is 26.5. The Kier molecular flexibility index (Phi) is 4.43. The molecule has 0 amide bonds. The molecule has 25 heavy (non-hydrogen) atoms. The Morgan fingerprint density at radius 3 is 2.52 bits per heavy atom.